The molecule has 1 amide bonds. The summed E-state index contributed by atoms with van der Waals surface area (Å²) >= 11 is 2.85. The molecule has 1 N–H and O–H groups in total. The number of thiophene rings is 2. The molecule has 0 radical (unpaired) electrons. The molecule has 122 valence electrons. The highest BCUT2D eigenvalue weighted by Crippen LogP contribution is 2.38. The normalized spacial score (nSPS) is 10.4. The Hall–Kier alpha value is -2.44. The highest BCUT2D eigenvalue weighted by Gasteiger charge is 2.23. The van der Waals surface area contributed by atoms with E-state index in [4.69, 9.17) is 4.74 Å². The minimum absolute atomic E-state index is 0.247. The molecule has 0 unspecified atom stereocenters. The van der Waals surface area contributed by atoms with Gasteiger partial charge >= 0.3 is 5.97 Å². The number of methoxy groups -OCH3 is 1. The summed E-state index contributed by atoms with van der Waals surface area (Å²) in [5.74, 6) is -0.706. The number of amides is 1. The quantitative estimate of drug-likeness (QED) is 0.681. The van der Waals surface area contributed by atoms with Crippen LogP contribution < -0.4 is 5.32 Å². The molecule has 6 heteroatoms. The molecule has 1 aromatic carbocycles. The molecule has 0 bridgehead atoms. The van der Waals surface area contributed by atoms with Crippen LogP contribution >= 0.6 is 22.7 Å². The Morgan fingerprint density at radius 3 is 2.62 bits per heavy atom. The molecule has 2 aromatic heterocycles. The van der Waals surface area contributed by atoms with Crippen LogP contribution in [0.25, 0.3) is 10.4 Å². The van der Waals surface area contributed by atoms with Crippen molar-refractivity contribution >= 4 is 39.6 Å². The fraction of sp³-hybridized carbons (Fsp3) is 0.111. The van der Waals surface area contributed by atoms with Crippen molar-refractivity contribution < 1.29 is 14.3 Å². The number of ether oxygens (including phenoxy) is 1. The monoisotopic (exact) mass is 357 g/mol. The number of carbonyl (C=O) groups is 2. The van der Waals surface area contributed by atoms with Crippen molar-refractivity contribution in [2.24, 2.45) is 0 Å². The van der Waals surface area contributed by atoms with Gasteiger partial charge < -0.3 is 10.1 Å². The Morgan fingerprint density at radius 2 is 1.96 bits per heavy atom. The number of carbonyl (C=O) groups excluding carboxylic acids is 2. The van der Waals surface area contributed by atoms with E-state index in [1.807, 2.05) is 41.9 Å². The van der Waals surface area contributed by atoms with Crippen LogP contribution in [0.4, 0.5) is 5.00 Å². The van der Waals surface area contributed by atoms with E-state index in [1.54, 1.807) is 12.1 Å². The number of hydrogen-bond acceptors (Lipinski definition) is 5. The van der Waals surface area contributed by atoms with E-state index in [1.165, 1.54) is 29.8 Å². The van der Waals surface area contributed by atoms with Crippen molar-refractivity contribution in [3.8, 4) is 10.4 Å². The van der Waals surface area contributed by atoms with Crippen LogP contribution in [0.3, 0.4) is 0 Å². The topological polar surface area (TPSA) is 55.4 Å². The maximum atomic E-state index is 12.5. The average molecular weight is 357 g/mol. The molecule has 0 atom stereocenters. The van der Waals surface area contributed by atoms with Gasteiger partial charge in [-0.25, -0.2) is 4.79 Å². The molecule has 3 rings (SSSR count). The summed E-state index contributed by atoms with van der Waals surface area (Å²) in [6.07, 6.45) is 0. The first-order chi connectivity index (χ1) is 11.6. The summed E-state index contributed by atoms with van der Waals surface area (Å²) in [6, 6.07) is 11.2. The second-order valence-corrected chi connectivity index (χ2v) is 6.97. The molecule has 4 nitrogen and oxygen atoms in total. The van der Waals surface area contributed by atoms with Crippen LogP contribution in [0.2, 0.25) is 0 Å². The lowest BCUT2D eigenvalue weighted by atomic mass is 10.1. The molecule has 0 fully saturated rings. The van der Waals surface area contributed by atoms with Gasteiger partial charge in [-0.15, -0.1) is 22.7 Å². The van der Waals surface area contributed by atoms with E-state index in [9.17, 15) is 9.59 Å². The van der Waals surface area contributed by atoms with Crippen molar-refractivity contribution in [1.82, 2.24) is 0 Å². The van der Waals surface area contributed by atoms with Crippen molar-refractivity contribution in [3.63, 3.8) is 0 Å². The van der Waals surface area contributed by atoms with Crippen LogP contribution in [0.1, 0.15) is 26.3 Å². The minimum atomic E-state index is -0.459. The zero-order valence-corrected chi connectivity index (χ0v) is 14.8. The standard InChI is InChI=1S/C18H15NO3S2/c1-11-5-3-6-12(9-11)16(20)19-17-15(18(21)22-2)13(10-24-17)14-7-4-8-23-14/h3-10H,1-2H3,(H,19,20). The van der Waals surface area contributed by atoms with Crippen LogP contribution in [0.5, 0.6) is 0 Å². The van der Waals surface area contributed by atoms with Gasteiger partial charge in [0, 0.05) is 21.4 Å². The van der Waals surface area contributed by atoms with Crippen molar-refractivity contribution in [3.05, 3.63) is 63.8 Å². The third-order valence-electron chi connectivity index (χ3n) is 3.47. The van der Waals surface area contributed by atoms with Gasteiger partial charge in [-0.1, -0.05) is 23.8 Å². The first kappa shape index (κ1) is 16.4. The second-order valence-electron chi connectivity index (χ2n) is 5.15. The van der Waals surface area contributed by atoms with Crippen LogP contribution in [0.15, 0.2) is 47.2 Å². The van der Waals surface area contributed by atoms with E-state index in [0.29, 0.717) is 16.1 Å². The van der Waals surface area contributed by atoms with Gasteiger partial charge in [-0.2, -0.15) is 0 Å². The van der Waals surface area contributed by atoms with E-state index in [2.05, 4.69) is 5.32 Å². The van der Waals surface area contributed by atoms with E-state index >= 15 is 0 Å². The molecular weight excluding hydrogens is 342 g/mol. The number of esters is 1. The zero-order valence-electron chi connectivity index (χ0n) is 13.2. The molecule has 0 spiro atoms. The van der Waals surface area contributed by atoms with Gasteiger partial charge in [0.25, 0.3) is 5.91 Å². The summed E-state index contributed by atoms with van der Waals surface area (Å²) in [4.78, 5) is 25.7. The summed E-state index contributed by atoms with van der Waals surface area (Å²) in [5.41, 5.74) is 2.73. The Labute approximate surface area is 147 Å². The van der Waals surface area contributed by atoms with Crippen molar-refractivity contribution in [1.29, 1.82) is 0 Å². The lowest BCUT2D eigenvalue weighted by molar-refractivity contribution is 0.0603. The highest BCUT2D eigenvalue weighted by molar-refractivity contribution is 7.17. The van der Waals surface area contributed by atoms with Crippen molar-refractivity contribution in [2.45, 2.75) is 6.92 Å². The number of nitrogens with one attached hydrogen (secondary N) is 1. The van der Waals surface area contributed by atoms with Gasteiger partial charge in [0.1, 0.15) is 10.6 Å². The highest BCUT2D eigenvalue weighted by atomic mass is 32.1. The number of rotatable bonds is 4. The lowest BCUT2D eigenvalue weighted by Crippen LogP contribution is -2.14. The maximum Gasteiger partial charge on any atom is 0.341 e. The first-order valence-corrected chi connectivity index (χ1v) is 8.97. The lowest BCUT2D eigenvalue weighted by Gasteiger charge is -2.07. The van der Waals surface area contributed by atoms with Crippen LogP contribution in [0, 0.1) is 6.92 Å². The summed E-state index contributed by atoms with van der Waals surface area (Å²) in [6.45, 7) is 1.93. The third kappa shape index (κ3) is 3.25. The molecule has 0 aliphatic heterocycles. The zero-order chi connectivity index (χ0) is 17.1. The fourth-order valence-corrected chi connectivity index (χ4v) is 4.10. The minimum Gasteiger partial charge on any atom is -0.465 e. The van der Waals surface area contributed by atoms with E-state index < -0.39 is 5.97 Å². The number of aryl methyl sites for hydroxylation is 1. The van der Waals surface area contributed by atoms with E-state index in [-0.39, 0.29) is 5.91 Å². The number of benzene rings is 1. The second kappa shape index (κ2) is 6.98. The van der Waals surface area contributed by atoms with E-state index in [0.717, 1.165) is 16.0 Å². The van der Waals surface area contributed by atoms with Gasteiger partial charge in [0.15, 0.2) is 0 Å². The van der Waals surface area contributed by atoms with Gasteiger partial charge in [0.05, 0.1) is 7.11 Å². The summed E-state index contributed by atoms with van der Waals surface area (Å²) < 4.78 is 4.90. The molecule has 2 heterocycles. The predicted molar refractivity (Wildman–Crippen MR) is 98.1 cm³/mol. The first-order valence-electron chi connectivity index (χ1n) is 7.22. The molecule has 0 aliphatic rings. The number of anilines is 1. The van der Waals surface area contributed by atoms with Gasteiger partial charge in [-0.05, 0) is 30.5 Å². The predicted octanol–water partition coefficient (Wildman–Crippen LogP) is 4.82. The Kier molecular flexibility index (Phi) is 4.78. The molecule has 0 saturated carbocycles. The van der Waals surface area contributed by atoms with Crippen LogP contribution in [-0.4, -0.2) is 19.0 Å². The SMILES string of the molecule is COC(=O)c1c(-c2cccs2)csc1NC(=O)c1cccc(C)c1. The Balaban J connectivity index is 1.96. The third-order valence-corrected chi connectivity index (χ3v) is 5.27. The molecule has 0 aliphatic carbocycles. The van der Waals surface area contributed by atoms with Gasteiger partial charge in [0.2, 0.25) is 0 Å². The maximum absolute atomic E-state index is 12.5. The number of hydrogen-bond donors (Lipinski definition) is 1. The summed E-state index contributed by atoms with van der Waals surface area (Å²) in [7, 11) is 1.34. The summed E-state index contributed by atoms with van der Waals surface area (Å²) in [5, 5.41) is 7.14. The molecular formula is C18H15NO3S2. The largest absolute Gasteiger partial charge is 0.465 e. The Bertz CT molecular complexity index is 882. The molecule has 3 aromatic rings. The van der Waals surface area contributed by atoms with Crippen molar-refractivity contribution in [2.75, 3.05) is 12.4 Å². The smallest absolute Gasteiger partial charge is 0.341 e. The Morgan fingerprint density at radius 1 is 1.12 bits per heavy atom. The average Bonchev–Trinajstić information content (AvgIpc) is 3.23. The molecule has 24 heavy (non-hydrogen) atoms. The molecule has 0 saturated heterocycles. The fourth-order valence-electron chi connectivity index (χ4n) is 2.33. The van der Waals surface area contributed by atoms with Crippen LogP contribution in [-0.2, 0) is 4.74 Å². The van der Waals surface area contributed by atoms with Gasteiger partial charge in [-0.3, -0.25) is 4.79 Å².